The van der Waals surface area contributed by atoms with Crippen molar-refractivity contribution in [1.29, 1.82) is 0 Å². The third-order valence-electron chi connectivity index (χ3n) is 3.98. The van der Waals surface area contributed by atoms with Crippen LogP contribution in [0.15, 0.2) is 24.3 Å². The van der Waals surface area contributed by atoms with Gasteiger partial charge in [0.15, 0.2) is 0 Å². The van der Waals surface area contributed by atoms with Crippen LogP contribution in [-0.2, 0) is 0 Å². The fraction of sp³-hybridized carbons (Fsp3) is 0.647. The summed E-state index contributed by atoms with van der Waals surface area (Å²) in [6.07, 6.45) is 9.40. The lowest BCUT2D eigenvalue weighted by atomic mass is 9.93. The van der Waals surface area contributed by atoms with Crippen molar-refractivity contribution in [3.63, 3.8) is 0 Å². The van der Waals surface area contributed by atoms with Crippen LogP contribution in [0, 0.1) is 0 Å². The van der Waals surface area contributed by atoms with Crippen LogP contribution in [0.2, 0.25) is 5.02 Å². The third-order valence-corrected chi connectivity index (χ3v) is 4.23. The Balaban J connectivity index is 1.85. The normalized spacial score (nSPS) is 16.5. The van der Waals surface area contributed by atoms with Crippen LogP contribution in [0.25, 0.3) is 0 Å². The minimum absolute atomic E-state index is 0.648. The molecule has 0 spiro atoms. The number of hydrogen-bond acceptors (Lipinski definition) is 1. The van der Waals surface area contributed by atoms with Crippen molar-refractivity contribution in [3.05, 3.63) is 34.9 Å². The Labute approximate surface area is 122 Å². The quantitative estimate of drug-likeness (QED) is 0.617. The average molecular weight is 280 g/mol. The van der Waals surface area contributed by atoms with Crippen LogP contribution in [0.3, 0.4) is 0 Å². The molecule has 1 saturated carbocycles. The second kappa shape index (κ2) is 7.91. The van der Waals surface area contributed by atoms with Gasteiger partial charge in [0.25, 0.3) is 0 Å². The van der Waals surface area contributed by atoms with Crippen LogP contribution in [0.1, 0.15) is 63.4 Å². The van der Waals surface area contributed by atoms with Crippen molar-refractivity contribution in [3.8, 4) is 0 Å². The number of unbranched alkanes of at least 4 members (excludes halogenated alkanes) is 3. The molecule has 0 heterocycles. The molecule has 2 heteroatoms. The highest BCUT2D eigenvalue weighted by Crippen LogP contribution is 2.26. The summed E-state index contributed by atoms with van der Waals surface area (Å²) in [6.45, 7) is 3.39. The van der Waals surface area contributed by atoms with Crippen LogP contribution in [0.4, 0.5) is 0 Å². The molecule has 19 heavy (non-hydrogen) atoms. The van der Waals surface area contributed by atoms with E-state index in [1.165, 1.54) is 50.5 Å². The molecule has 1 unspecified atom stereocenters. The molecule has 1 aliphatic rings. The summed E-state index contributed by atoms with van der Waals surface area (Å²) in [5, 5.41) is 4.51. The summed E-state index contributed by atoms with van der Waals surface area (Å²) in [4.78, 5) is 0. The Bertz CT molecular complexity index is 356. The molecule has 1 nitrogen and oxygen atoms in total. The van der Waals surface area contributed by atoms with Gasteiger partial charge in [0.1, 0.15) is 0 Å². The Kier molecular flexibility index (Phi) is 6.19. The number of rotatable bonds is 9. The highest BCUT2D eigenvalue weighted by atomic mass is 35.5. The SMILES string of the molecule is CCCCCCC(CNC1CC1)c1ccc(Cl)cc1. The maximum atomic E-state index is 5.98. The molecule has 0 aliphatic heterocycles. The van der Waals surface area contributed by atoms with E-state index in [0.29, 0.717) is 5.92 Å². The molecule has 0 radical (unpaired) electrons. The lowest BCUT2D eigenvalue weighted by Gasteiger charge is -2.18. The standard InChI is InChI=1S/C17H26ClN/c1-2-3-4-5-6-15(13-19-17-11-12-17)14-7-9-16(18)10-8-14/h7-10,15,17,19H,2-6,11-13H2,1H3. The molecule has 1 atom stereocenters. The minimum Gasteiger partial charge on any atom is -0.313 e. The van der Waals surface area contributed by atoms with Crippen molar-refractivity contribution in [2.75, 3.05) is 6.54 Å². The number of benzene rings is 1. The van der Waals surface area contributed by atoms with Crippen molar-refractivity contribution < 1.29 is 0 Å². The molecule has 1 fully saturated rings. The molecule has 0 amide bonds. The first-order chi connectivity index (χ1) is 9.29. The van der Waals surface area contributed by atoms with E-state index in [-0.39, 0.29) is 0 Å². The van der Waals surface area contributed by atoms with Gasteiger partial charge in [0.2, 0.25) is 0 Å². The van der Waals surface area contributed by atoms with Crippen LogP contribution in [0.5, 0.6) is 0 Å². The van der Waals surface area contributed by atoms with Gasteiger partial charge in [0.05, 0.1) is 0 Å². The lowest BCUT2D eigenvalue weighted by molar-refractivity contribution is 0.512. The monoisotopic (exact) mass is 279 g/mol. The fourth-order valence-corrected chi connectivity index (χ4v) is 2.66. The first kappa shape index (κ1) is 14.9. The maximum Gasteiger partial charge on any atom is 0.0406 e. The summed E-state index contributed by atoms with van der Waals surface area (Å²) < 4.78 is 0. The summed E-state index contributed by atoms with van der Waals surface area (Å²) in [5.41, 5.74) is 1.44. The number of halogens is 1. The minimum atomic E-state index is 0.648. The highest BCUT2D eigenvalue weighted by Gasteiger charge is 2.22. The molecule has 1 aromatic carbocycles. The zero-order valence-electron chi connectivity index (χ0n) is 12.0. The molecular weight excluding hydrogens is 254 g/mol. The van der Waals surface area contributed by atoms with Crippen molar-refractivity contribution >= 4 is 11.6 Å². The lowest BCUT2D eigenvalue weighted by Crippen LogP contribution is -2.23. The topological polar surface area (TPSA) is 12.0 Å². The molecule has 0 aromatic heterocycles. The Hall–Kier alpha value is -0.530. The molecule has 1 aliphatic carbocycles. The second-order valence-electron chi connectivity index (χ2n) is 5.78. The summed E-state index contributed by atoms with van der Waals surface area (Å²) >= 11 is 5.98. The Morgan fingerprint density at radius 3 is 2.53 bits per heavy atom. The number of hydrogen-bond donors (Lipinski definition) is 1. The molecule has 2 rings (SSSR count). The van der Waals surface area contributed by atoms with E-state index in [9.17, 15) is 0 Å². The van der Waals surface area contributed by atoms with Gasteiger partial charge < -0.3 is 5.32 Å². The zero-order valence-corrected chi connectivity index (χ0v) is 12.8. The van der Waals surface area contributed by atoms with Gasteiger partial charge >= 0.3 is 0 Å². The van der Waals surface area contributed by atoms with Gasteiger partial charge in [-0.15, -0.1) is 0 Å². The van der Waals surface area contributed by atoms with Gasteiger partial charge in [-0.05, 0) is 42.9 Å². The molecule has 0 bridgehead atoms. The predicted octanol–water partition coefficient (Wildman–Crippen LogP) is 5.15. The highest BCUT2D eigenvalue weighted by molar-refractivity contribution is 6.30. The Morgan fingerprint density at radius 1 is 1.16 bits per heavy atom. The van der Waals surface area contributed by atoms with E-state index < -0.39 is 0 Å². The molecule has 106 valence electrons. The number of nitrogens with one attached hydrogen (secondary N) is 1. The smallest absolute Gasteiger partial charge is 0.0406 e. The largest absolute Gasteiger partial charge is 0.313 e. The third kappa shape index (κ3) is 5.54. The maximum absolute atomic E-state index is 5.98. The van der Waals surface area contributed by atoms with E-state index in [1.807, 2.05) is 12.1 Å². The van der Waals surface area contributed by atoms with Crippen molar-refractivity contribution in [1.82, 2.24) is 5.32 Å². The van der Waals surface area contributed by atoms with Crippen molar-refractivity contribution in [2.24, 2.45) is 0 Å². The van der Waals surface area contributed by atoms with E-state index in [1.54, 1.807) is 0 Å². The predicted molar refractivity (Wildman–Crippen MR) is 84.0 cm³/mol. The summed E-state index contributed by atoms with van der Waals surface area (Å²) in [5.74, 6) is 0.648. The van der Waals surface area contributed by atoms with Crippen LogP contribution < -0.4 is 5.32 Å². The van der Waals surface area contributed by atoms with E-state index in [0.717, 1.165) is 17.6 Å². The fourth-order valence-electron chi connectivity index (χ4n) is 2.54. The van der Waals surface area contributed by atoms with Gasteiger partial charge in [-0.3, -0.25) is 0 Å². The van der Waals surface area contributed by atoms with Gasteiger partial charge in [-0.2, -0.15) is 0 Å². The molecular formula is C17H26ClN. The summed E-state index contributed by atoms with van der Waals surface area (Å²) in [7, 11) is 0. The first-order valence-electron chi connectivity index (χ1n) is 7.78. The van der Waals surface area contributed by atoms with Gasteiger partial charge in [-0.25, -0.2) is 0 Å². The van der Waals surface area contributed by atoms with Crippen LogP contribution >= 0.6 is 11.6 Å². The molecule has 0 saturated heterocycles. The van der Waals surface area contributed by atoms with Crippen LogP contribution in [-0.4, -0.2) is 12.6 Å². The summed E-state index contributed by atoms with van der Waals surface area (Å²) in [6, 6.07) is 9.23. The van der Waals surface area contributed by atoms with E-state index >= 15 is 0 Å². The van der Waals surface area contributed by atoms with Gasteiger partial charge in [0, 0.05) is 17.6 Å². The Morgan fingerprint density at radius 2 is 1.89 bits per heavy atom. The van der Waals surface area contributed by atoms with E-state index in [2.05, 4.69) is 24.4 Å². The van der Waals surface area contributed by atoms with E-state index in [4.69, 9.17) is 11.6 Å². The van der Waals surface area contributed by atoms with Crippen molar-refractivity contribution in [2.45, 2.75) is 63.8 Å². The second-order valence-corrected chi connectivity index (χ2v) is 6.22. The first-order valence-corrected chi connectivity index (χ1v) is 8.16. The average Bonchev–Trinajstić information content (AvgIpc) is 3.23. The molecule has 1 N–H and O–H groups in total. The zero-order chi connectivity index (χ0) is 13.5. The van der Waals surface area contributed by atoms with Gasteiger partial charge in [-0.1, -0.05) is 56.3 Å². The molecule has 1 aromatic rings.